The summed E-state index contributed by atoms with van der Waals surface area (Å²) in [6, 6.07) is 0. The first-order chi connectivity index (χ1) is 15.7. The maximum atomic E-state index is 14.9. The third kappa shape index (κ3) is 12.5. The van der Waals surface area contributed by atoms with Gasteiger partial charge in [0.25, 0.3) is 0 Å². The lowest BCUT2D eigenvalue weighted by Crippen LogP contribution is -2.11. The van der Waals surface area contributed by atoms with E-state index >= 15 is 0 Å². The zero-order valence-corrected chi connectivity index (χ0v) is 23.2. The van der Waals surface area contributed by atoms with Crippen molar-refractivity contribution in [3.63, 3.8) is 0 Å². The monoisotopic (exact) mass is 472 g/mol. The molecule has 0 aromatic rings. The Bertz CT molecular complexity index is 803. The van der Waals surface area contributed by atoms with E-state index in [-0.39, 0.29) is 23.5 Å². The molecule has 0 saturated heterocycles. The van der Waals surface area contributed by atoms with Gasteiger partial charge in [0.1, 0.15) is 11.7 Å². The molecule has 0 N–H and O–H groups in total. The van der Waals surface area contributed by atoms with Gasteiger partial charge in [-0.1, -0.05) is 86.8 Å². The van der Waals surface area contributed by atoms with E-state index in [0.29, 0.717) is 35.0 Å². The van der Waals surface area contributed by atoms with Crippen molar-refractivity contribution in [3.05, 3.63) is 84.1 Å². The minimum atomic E-state index is -0.358. The third-order valence-corrected chi connectivity index (χ3v) is 7.07. The fourth-order valence-corrected chi connectivity index (χ4v) is 3.50. The van der Waals surface area contributed by atoms with Crippen molar-refractivity contribution in [1.29, 1.82) is 0 Å². The number of hydrogen-bond acceptors (Lipinski definition) is 0. The summed E-state index contributed by atoms with van der Waals surface area (Å²) in [5.41, 5.74) is 3.00. The summed E-state index contributed by atoms with van der Waals surface area (Å²) in [6.07, 6.45) is 10.2. The number of halogens is 2. The van der Waals surface area contributed by atoms with Crippen LogP contribution < -0.4 is 0 Å². The molecule has 34 heavy (non-hydrogen) atoms. The second-order valence-electron chi connectivity index (χ2n) is 10.8. The molecule has 0 spiro atoms. The minimum Gasteiger partial charge on any atom is -0.207 e. The molecule has 0 rings (SSSR count). The number of rotatable bonds is 16. The van der Waals surface area contributed by atoms with Gasteiger partial charge in [-0.25, -0.2) is 8.78 Å². The zero-order valence-electron chi connectivity index (χ0n) is 23.2. The highest BCUT2D eigenvalue weighted by Gasteiger charge is 2.16. The molecule has 0 aliphatic rings. The molecule has 0 aromatic heterocycles. The lowest BCUT2D eigenvalue weighted by molar-refractivity contribution is 0.306. The summed E-state index contributed by atoms with van der Waals surface area (Å²) in [5.74, 6) is 1.65. The first-order valence-electron chi connectivity index (χ1n) is 12.8. The van der Waals surface area contributed by atoms with E-state index in [1.54, 1.807) is 6.92 Å². The van der Waals surface area contributed by atoms with Crippen molar-refractivity contribution in [1.82, 2.24) is 0 Å². The van der Waals surface area contributed by atoms with Crippen LogP contribution in [0.3, 0.4) is 0 Å². The Morgan fingerprint density at radius 1 is 0.676 bits per heavy atom. The van der Waals surface area contributed by atoms with Crippen LogP contribution in [-0.2, 0) is 0 Å². The highest BCUT2D eigenvalue weighted by Crippen LogP contribution is 2.29. The molecule has 0 aromatic carbocycles. The Kier molecular flexibility index (Phi) is 14.9. The molecule has 0 bridgehead atoms. The van der Waals surface area contributed by atoms with E-state index in [1.807, 2.05) is 19.9 Å². The quantitative estimate of drug-likeness (QED) is 0.196. The topological polar surface area (TPSA) is 0 Å². The smallest absolute Gasteiger partial charge is 0.130 e. The minimum absolute atomic E-state index is 0.0276. The molecule has 0 heterocycles. The Hall–Kier alpha value is -1.96. The maximum Gasteiger partial charge on any atom is 0.130 e. The van der Waals surface area contributed by atoms with Crippen LogP contribution >= 0.6 is 0 Å². The van der Waals surface area contributed by atoms with E-state index < -0.39 is 0 Å². The van der Waals surface area contributed by atoms with Crippen molar-refractivity contribution in [2.24, 2.45) is 29.6 Å². The van der Waals surface area contributed by atoms with Crippen molar-refractivity contribution in [2.45, 2.75) is 87.5 Å². The molecule has 4 unspecified atom stereocenters. The van der Waals surface area contributed by atoms with Crippen LogP contribution in [0.2, 0.25) is 0 Å². The number of allylic oxidation sites excluding steroid dienone is 10. The van der Waals surface area contributed by atoms with Crippen molar-refractivity contribution in [2.75, 3.05) is 0 Å². The van der Waals surface area contributed by atoms with Crippen molar-refractivity contribution < 1.29 is 8.78 Å². The van der Waals surface area contributed by atoms with Gasteiger partial charge in [0.05, 0.1) is 0 Å². The highest BCUT2D eigenvalue weighted by atomic mass is 19.1. The second kappa shape index (κ2) is 15.8. The van der Waals surface area contributed by atoms with E-state index in [9.17, 15) is 8.78 Å². The average Bonchev–Trinajstić information content (AvgIpc) is 2.77. The van der Waals surface area contributed by atoms with Crippen molar-refractivity contribution in [3.8, 4) is 0 Å². The number of hydrogen-bond donors (Lipinski definition) is 0. The van der Waals surface area contributed by atoms with Crippen molar-refractivity contribution >= 4 is 0 Å². The Labute approximate surface area is 210 Å². The first kappa shape index (κ1) is 32.0. The molecule has 0 amide bonds. The van der Waals surface area contributed by atoms with Crippen LogP contribution in [0.25, 0.3) is 0 Å². The Morgan fingerprint density at radius 3 is 1.65 bits per heavy atom. The van der Waals surface area contributed by atoms with E-state index in [4.69, 9.17) is 0 Å². The zero-order chi connectivity index (χ0) is 26.6. The maximum absolute atomic E-state index is 14.9. The van der Waals surface area contributed by atoms with Gasteiger partial charge in [0.2, 0.25) is 0 Å². The largest absolute Gasteiger partial charge is 0.207 e. The van der Waals surface area contributed by atoms with Gasteiger partial charge in [-0.05, 0) is 97.1 Å². The molecule has 192 valence electrons. The molecule has 0 aliphatic heterocycles. The molecule has 4 atom stereocenters. The SMILES string of the molecule is C=C(C)/C(F)=C\C(=C)C(C)C/C=C(\C)C(=C)/C(F)=C\C(=C)C(C)CCC(C)C(C)CCC(C)C. The predicted molar refractivity (Wildman–Crippen MR) is 149 cm³/mol. The third-order valence-electron chi connectivity index (χ3n) is 7.07. The molecular weight excluding hydrogens is 422 g/mol. The van der Waals surface area contributed by atoms with Gasteiger partial charge in [-0.3, -0.25) is 0 Å². The first-order valence-corrected chi connectivity index (χ1v) is 12.8. The molecule has 0 nitrogen and oxygen atoms in total. The predicted octanol–water partition coefficient (Wildman–Crippen LogP) is 11.0. The van der Waals surface area contributed by atoms with Crippen LogP contribution in [0.15, 0.2) is 84.1 Å². The lowest BCUT2D eigenvalue weighted by Gasteiger charge is -2.22. The van der Waals surface area contributed by atoms with Crippen LogP contribution in [0.4, 0.5) is 8.78 Å². The van der Waals surface area contributed by atoms with Gasteiger partial charge in [0.15, 0.2) is 0 Å². The van der Waals surface area contributed by atoms with E-state index in [0.717, 1.165) is 29.9 Å². The summed E-state index contributed by atoms with van der Waals surface area (Å²) in [7, 11) is 0. The normalized spacial score (nSPS) is 16.7. The van der Waals surface area contributed by atoms with Crippen LogP contribution in [0.1, 0.15) is 87.5 Å². The Balaban J connectivity index is 4.88. The summed E-state index contributed by atoms with van der Waals surface area (Å²) in [6.45, 7) is 32.4. The standard InChI is InChI=1S/C32H50F2/c1-21(2)13-14-23(5)24(6)15-16-25(7)29(11)20-32(34)30(12)27(9)18-17-26(8)28(10)19-31(33)22(3)4/h18-21,23-26H,3,10-17H2,1-2,4-9H3/b27-18+,31-19+,32-20+. The average molecular weight is 473 g/mol. The highest BCUT2D eigenvalue weighted by molar-refractivity contribution is 5.43. The summed E-state index contributed by atoms with van der Waals surface area (Å²) < 4.78 is 28.6. The molecule has 2 heteroatoms. The van der Waals surface area contributed by atoms with Crippen LogP contribution in [-0.4, -0.2) is 0 Å². The molecule has 0 aliphatic carbocycles. The van der Waals surface area contributed by atoms with Crippen LogP contribution in [0, 0.1) is 29.6 Å². The van der Waals surface area contributed by atoms with Gasteiger partial charge < -0.3 is 0 Å². The summed E-state index contributed by atoms with van der Waals surface area (Å²) in [4.78, 5) is 0. The van der Waals surface area contributed by atoms with Gasteiger partial charge >= 0.3 is 0 Å². The molecule has 0 saturated carbocycles. The van der Waals surface area contributed by atoms with Gasteiger partial charge in [-0.2, -0.15) is 0 Å². The Morgan fingerprint density at radius 2 is 1.15 bits per heavy atom. The lowest BCUT2D eigenvalue weighted by atomic mass is 9.83. The molecule has 0 radical (unpaired) electrons. The van der Waals surface area contributed by atoms with Crippen LogP contribution in [0.5, 0.6) is 0 Å². The molecule has 0 fully saturated rings. The van der Waals surface area contributed by atoms with E-state index in [1.165, 1.54) is 25.0 Å². The van der Waals surface area contributed by atoms with Gasteiger partial charge in [-0.15, -0.1) is 0 Å². The van der Waals surface area contributed by atoms with E-state index in [2.05, 4.69) is 60.9 Å². The fourth-order valence-electron chi connectivity index (χ4n) is 3.50. The summed E-state index contributed by atoms with van der Waals surface area (Å²) >= 11 is 0. The molecular formula is C32H50F2. The summed E-state index contributed by atoms with van der Waals surface area (Å²) in [5, 5.41) is 0. The fraction of sp³-hybridized carbons (Fsp3) is 0.562. The second-order valence-corrected chi connectivity index (χ2v) is 10.8. The van der Waals surface area contributed by atoms with Gasteiger partial charge in [0, 0.05) is 5.57 Å².